The minimum Gasteiger partial charge on any atom is -0.462 e. The Bertz CT molecular complexity index is 1410. The topological polar surface area (TPSA) is 193 Å². The molecule has 0 radical (unpaired) electrons. The minimum atomic E-state index is -1.81. The summed E-state index contributed by atoms with van der Waals surface area (Å²) in [6.07, 6.45) is -1.94. The number of nitrogens with one attached hydrogen (secondary N) is 1. The first-order chi connectivity index (χ1) is 18.7. The lowest BCUT2D eigenvalue weighted by molar-refractivity contribution is -0.158. The molecule has 5 N–H and O–H groups in total. The van der Waals surface area contributed by atoms with Crippen molar-refractivity contribution >= 4 is 26.1 Å². The Kier molecular flexibility index (Phi) is 8.71. The van der Waals surface area contributed by atoms with Gasteiger partial charge in [0, 0.05) is 0 Å². The van der Waals surface area contributed by atoms with Gasteiger partial charge in [0.1, 0.15) is 37.3 Å². The van der Waals surface area contributed by atoms with Gasteiger partial charge in [-0.2, -0.15) is 10.6 Å². The Hall–Kier alpha value is -3.70. The molecule has 3 unspecified atom stereocenters. The van der Waals surface area contributed by atoms with Gasteiger partial charge in [-0.1, -0.05) is 24.0 Å². The van der Waals surface area contributed by atoms with Crippen LogP contribution in [-0.2, 0) is 23.7 Å². The number of nitrogens with two attached hydrogens (primary N) is 1. The normalized spacial score (nSPS) is 23.5. The van der Waals surface area contributed by atoms with Crippen molar-refractivity contribution in [1.82, 2.24) is 25.1 Å². The van der Waals surface area contributed by atoms with Crippen molar-refractivity contribution in [2.75, 3.05) is 12.3 Å². The molecule has 6 atom stereocenters. The van der Waals surface area contributed by atoms with Crippen LogP contribution in [0.25, 0.3) is 5.65 Å². The number of rotatable bonds is 9. The van der Waals surface area contributed by atoms with E-state index in [0.29, 0.717) is 5.56 Å². The molecule has 0 bridgehead atoms. The Morgan fingerprint density at radius 2 is 2.08 bits per heavy atom. The lowest BCUT2D eigenvalue weighted by Gasteiger charge is -2.27. The predicted octanol–water partition coefficient (Wildman–Crippen LogP) is 0.469. The molecule has 1 aliphatic rings. The number of imidazole rings is 1. The summed E-state index contributed by atoms with van der Waals surface area (Å²) in [5.74, 6) is 5.51. The summed E-state index contributed by atoms with van der Waals surface area (Å²) in [5.41, 5.74) is 7.49. The van der Waals surface area contributed by atoms with Gasteiger partial charge in [-0.3, -0.25) is 14.2 Å². The number of nitrogen functional groups attached to an aromatic ring is 1. The second kappa shape index (κ2) is 12.0. The molecule has 0 aliphatic carbocycles. The van der Waals surface area contributed by atoms with Gasteiger partial charge in [0.05, 0.1) is 23.6 Å². The minimum absolute atomic E-state index is 0.112. The van der Waals surface area contributed by atoms with E-state index in [0.717, 1.165) is 0 Å². The molecule has 206 valence electrons. The maximum absolute atomic E-state index is 12.2. The number of para-hydroxylation sites is 1. The Labute approximate surface area is 224 Å². The van der Waals surface area contributed by atoms with Crippen molar-refractivity contribution in [2.45, 2.75) is 56.8 Å². The van der Waals surface area contributed by atoms with E-state index in [-0.39, 0.29) is 29.0 Å². The first-order valence-electron chi connectivity index (χ1n) is 11.9. The number of aromatic nitrogens is 4. The molecule has 14 nitrogen and oxygen atoms in total. The number of esters is 1. The Morgan fingerprint density at radius 3 is 2.82 bits per heavy atom. The number of aliphatic hydroxyl groups is 2. The Balaban J connectivity index is 1.67. The quantitative estimate of drug-likeness (QED) is 0.122. The second-order valence-corrected chi connectivity index (χ2v) is 9.34. The third-order valence-corrected chi connectivity index (χ3v) is 6.10. The van der Waals surface area contributed by atoms with Gasteiger partial charge >= 0.3 is 14.7 Å². The van der Waals surface area contributed by atoms with Crippen molar-refractivity contribution in [3.63, 3.8) is 0 Å². The third-order valence-electron chi connectivity index (χ3n) is 5.80. The fourth-order valence-corrected chi connectivity index (χ4v) is 4.15. The molecule has 0 spiro atoms. The van der Waals surface area contributed by atoms with E-state index in [1.54, 1.807) is 38.1 Å². The number of ether oxygens (including phenoxy) is 2. The van der Waals surface area contributed by atoms with Gasteiger partial charge in [0.25, 0.3) is 0 Å². The highest BCUT2D eigenvalue weighted by molar-refractivity contribution is 7.17. The van der Waals surface area contributed by atoms with Gasteiger partial charge in [-0.15, -0.1) is 0 Å². The van der Waals surface area contributed by atoms with Crippen LogP contribution in [0.4, 0.5) is 5.82 Å². The van der Waals surface area contributed by atoms with Crippen LogP contribution in [-0.4, -0.2) is 72.3 Å². The van der Waals surface area contributed by atoms with Crippen LogP contribution in [0.1, 0.15) is 38.1 Å². The van der Waals surface area contributed by atoms with E-state index < -0.39 is 51.2 Å². The highest BCUT2D eigenvalue weighted by Gasteiger charge is 2.55. The van der Waals surface area contributed by atoms with Crippen LogP contribution in [0, 0.1) is 11.8 Å². The van der Waals surface area contributed by atoms with Crippen molar-refractivity contribution in [1.29, 1.82) is 0 Å². The third kappa shape index (κ3) is 5.99. The molecule has 4 rings (SSSR count). The number of hydrogen-bond acceptors (Lipinski definition) is 13. The average molecular weight is 559 g/mol. The lowest BCUT2D eigenvalue weighted by atomic mass is 9.95. The van der Waals surface area contributed by atoms with Gasteiger partial charge in [-0.05, 0) is 37.5 Å². The zero-order valence-corrected chi connectivity index (χ0v) is 22.3. The number of anilines is 1. The first kappa shape index (κ1) is 28.3. The van der Waals surface area contributed by atoms with Crippen molar-refractivity contribution in [3.8, 4) is 17.6 Å². The highest BCUT2D eigenvalue weighted by atomic mass is 31.1. The first-order valence-corrected chi connectivity index (χ1v) is 12.7. The van der Waals surface area contributed by atoms with E-state index in [9.17, 15) is 19.6 Å². The molecule has 1 aromatic carbocycles. The zero-order valence-electron chi connectivity index (χ0n) is 21.3. The molecule has 15 heteroatoms. The van der Waals surface area contributed by atoms with Crippen LogP contribution in [0.2, 0.25) is 0 Å². The van der Waals surface area contributed by atoms with Crippen molar-refractivity contribution in [2.24, 2.45) is 0 Å². The number of hydrogen-bond donors (Lipinski definition) is 4. The number of carbonyl (C=O) groups is 1. The summed E-state index contributed by atoms with van der Waals surface area (Å²) in [6, 6.07) is 5.72. The molecule has 3 aromatic rings. The molecule has 2 aromatic heterocycles. The van der Waals surface area contributed by atoms with Crippen LogP contribution < -0.4 is 15.7 Å². The smallest absolute Gasteiger partial charge is 0.462 e. The van der Waals surface area contributed by atoms with Crippen molar-refractivity contribution in [3.05, 3.63) is 48.0 Å². The van der Waals surface area contributed by atoms with E-state index in [4.69, 9.17) is 24.6 Å². The van der Waals surface area contributed by atoms with E-state index >= 15 is 0 Å². The number of fused-ring (bicyclic) bond motifs is 1. The molecular formula is C24H28N6O8P+. The summed E-state index contributed by atoms with van der Waals surface area (Å²) < 4.78 is 28.9. The molecule has 3 heterocycles. The summed E-state index contributed by atoms with van der Waals surface area (Å²) in [6.45, 7) is 4.54. The monoisotopic (exact) mass is 559 g/mol. The average Bonchev–Trinajstić information content (AvgIpc) is 3.44. The maximum Gasteiger partial charge on any atom is 0.542 e. The van der Waals surface area contributed by atoms with Gasteiger partial charge in [-0.25, -0.2) is 14.5 Å². The second-order valence-electron chi connectivity index (χ2n) is 8.97. The largest absolute Gasteiger partial charge is 0.542 e. The molecule has 1 fully saturated rings. The number of aliphatic hydroxyl groups excluding tert-OH is 2. The summed E-state index contributed by atoms with van der Waals surface area (Å²) >= 11 is 0. The highest BCUT2D eigenvalue weighted by Crippen LogP contribution is 2.40. The van der Waals surface area contributed by atoms with Crippen LogP contribution >= 0.6 is 8.69 Å². The van der Waals surface area contributed by atoms with E-state index in [2.05, 4.69) is 32.4 Å². The molecular weight excluding hydrogens is 531 g/mol. The standard InChI is InChI=1S/C24H28N6O8P/c1-13(2)36-23(33)14(3)29-35-11-24(9-8-15-6-4-5-7-17(15)38-39-34)20(32)18(31)19(37-24)16-10-26-22-21(25)27-12-28-30(16)22/h4-7,10,12-14,18-20,29,31-32,39H,11H2,1-3H3,(H2,25,27,28)/q+1/t14-,18?,19-,20?,24+/m0/s1. The molecule has 39 heavy (non-hydrogen) atoms. The number of hydroxylamine groups is 1. The van der Waals surface area contributed by atoms with E-state index in [1.165, 1.54) is 24.0 Å². The molecule has 0 saturated carbocycles. The fraction of sp³-hybridized carbons (Fsp3) is 0.417. The summed E-state index contributed by atoms with van der Waals surface area (Å²) in [4.78, 5) is 25.8. The van der Waals surface area contributed by atoms with E-state index in [1.807, 2.05) is 0 Å². The number of benzene rings is 1. The maximum atomic E-state index is 12.2. The zero-order chi connectivity index (χ0) is 28.2. The van der Waals surface area contributed by atoms with Crippen LogP contribution in [0.15, 0.2) is 36.8 Å². The van der Waals surface area contributed by atoms with Gasteiger partial charge < -0.3 is 25.4 Å². The lowest BCUT2D eigenvalue weighted by Crippen LogP contribution is -2.48. The van der Waals surface area contributed by atoms with Gasteiger partial charge in [0.15, 0.2) is 17.1 Å². The summed E-state index contributed by atoms with van der Waals surface area (Å²) in [7, 11) is -1.06. The van der Waals surface area contributed by atoms with Gasteiger partial charge in [0.2, 0.25) is 5.75 Å². The van der Waals surface area contributed by atoms with Crippen LogP contribution in [0.5, 0.6) is 5.75 Å². The van der Waals surface area contributed by atoms with Crippen molar-refractivity contribution < 1.29 is 38.4 Å². The fourth-order valence-electron chi connectivity index (χ4n) is 3.88. The molecule has 1 aliphatic heterocycles. The number of nitrogens with zero attached hydrogens (tertiary/aromatic N) is 4. The predicted molar refractivity (Wildman–Crippen MR) is 136 cm³/mol. The molecule has 0 amide bonds. The SMILES string of the molecule is CC(C)OC(=O)[C@H](C)NOC[C@@]1(C#Cc2ccccc2O[PH+]=O)O[C@@H](c2cnc3c(N)ncnn23)C(O)C1O. The Morgan fingerprint density at radius 1 is 1.31 bits per heavy atom. The van der Waals surface area contributed by atoms with Crippen LogP contribution in [0.3, 0.4) is 0 Å². The number of carbonyl (C=O) groups excluding carboxylic acids is 1. The molecule has 1 saturated heterocycles. The summed E-state index contributed by atoms with van der Waals surface area (Å²) in [5, 5.41) is 26.4.